The van der Waals surface area contributed by atoms with Gasteiger partial charge in [0.25, 0.3) is 5.91 Å². The molecule has 2 unspecified atom stereocenters. The fourth-order valence-corrected chi connectivity index (χ4v) is 5.49. The molecule has 1 saturated heterocycles. The van der Waals surface area contributed by atoms with Gasteiger partial charge in [-0.25, -0.2) is 0 Å². The van der Waals surface area contributed by atoms with Crippen LogP contribution >= 0.6 is 0 Å². The van der Waals surface area contributed by atoms with E-state index in [-0.39, 0.29) is 23.9 Å². The summed E-state index contributed by atoms with van der Waals surface area (Å²) in [4.78, 5) is 30.8. The number of hydrogen-bond donors (Lipinski definition) is 2. The molecule has 1 aliphatic heterocycles. The first-order chi connectivity index (χ1) is 19.5. The van der Waals surface area contributed by atoms with E-state index >= 15 is 0 Å². The molecule has 4 aromatic carbocycles. The Hall–Kier alpha value is -4.42. The maximum Gasteiger partial charge on any atom is 0.256 e. The van der Waals surface area contributed by atoms with Crippen LogP contribution in [0.3, 0.4) is 0 Å². The van der Waals surface area contributed by atoms with Crippen molar-refractivity contribution in [3.8, 4) is 11.1 Å². The van der Waals surface area contributed by atoms with Crippen molar-refractivity contribution < 1.29 is 9.59 Å². The molecule has 2 amide bonds. The van der Waals surface area contributed by atoms with Gasteiger partial charge >= 0.3 is 0 Å². The van der Waals surface area contributed by atoms with E-state index in [1.54, 1.807) is 0 Å². The lowest BCUT2D eigenvalue weighted by atomic mass is 9.99. The van der Waals surface area contributed by atoms with Crippen LogP contribution in [0, 0.1) is 0 Å². The topological polar surface area (TPSA) is 64.7 Å². The maximum atomic E-state index is 13.2. The van der Waals surface area contributed by atoms with E-state index in [1.165, 1.54) is 0 Å². The predicted octanol–water partition coefficient (Wildman–Crippen LogP) is 5.99. The Balaban J connectivity index is 1.25. The van der Waals surface area contributed by atoms with Crippen LogP contribution in [0.25, 0.3) is 11.1 Å². The van der Waals surface area contributed by atoms with Gasteiger partial charge in [0.15, 0.2) is 0 Å². The van der Waals surface area contributed by atoms with Crippen molar-refractivity contribution in [1.82, 2.24) is 10.2 Å². The third-order valence-corrected chi connectivity index (χ3v) is 7.61. The summed E-state index contributed by atoms with van der Waals surface area (Å²) in [5, 5.41) is 6.07. The number of nitrogens with zero attached hydrogens (tertiary/aromatic N) is 2. The fraction of sp³-hybridized carbons (Fsp3) is 0.235. The zero-order valence-corrected chi connectivity index (χ0v) is 23.1. The first-order valence-corrected chi connectivity index (χ1v) is 13.9. The van der Waals surface area contributed by atoms with Gasteiger partial charge in [-0.15, -0.1) is 0 Å². The number of likely N-dealkylation sites (tertiary alicyclic amines) is 1. The second kappa shape index (κ2) is 12.6. The van der Waals surface area contributed by atoms with Crippen LogP contribution in [-0.4, -0.2) is 49.4 Å². The quantitative estimate of drug-likeness (QED) is 0.278. The Morgan fingerprint density at radius 3 is 2.23 bits per heavy atom. The third-order valence-electron chi connectivity index (χ3n) is 7.61. The van der Waals surface area contributed by atoms with E-state index in [1.807, 2.05) is 116 Å². The minimum absolute atomic E-state index is 0.0472. The third kappa shape index (κ3) is 6.08. The highest BCUT2D eigenvalue weighted by atomic mass is 16.2. The SMILES string of the molecule is CCNC(=O)C(c1ccccc1)N1CCC(N(C)c2ccc(NC(=O)c3ccccc3-c3ccccc3)cc2)C1. The number of benzene rings is 4. The van der Waals surface area contributed by atoms with Gasteiger partial charge in [-0.05, 0) is 60.4 Å². The lowest BCUT2D eigenvalue weighted by Gasteiger charge is -2.30. The fourth-order valence-electron chi connectivity index (χ4n) is 5.49. The summed E-state index contributed by atoms with van der Waals surface area (Å²) >= 11 is 0. The minimum atomic E-state index is -0.295. The Kier molecular flexibility index (Phi) is 8.57. The number of nitrogens with one attached hydrogen (secondary N) is 2. The van der Waals surface area contributed by atoms with Crippen LogP contribution in [0.15, 0.2) is 109 Å². The van der Waals surface area contributed by atoms with Crippen LogP contribution in [0.2, 0.25) is 0 Å². The monoisotopic (exact) mass is 532 g/mol. The summed E-state index contributed by atoms with van der Waals surface area (Å²) in [6, 6.07) is 35.6. The molecule has 0 radical (unpaired) electrons. The molecule has 1 heterocycles. The van der Waals surface area contributed by atoms with Crippen LogP contribution in [0.5, 0.6) is 0 Å². The van der Waals surface area contributed by atoms with Gasteiger partial charge in [-0.3, -0.25) is 14.5 Å². The summed E-state index contributed by atoms with van der Waals surface area (Å²) in [5.74, 6) is -0.0877. The summed E-state index contributed by atoms with van der Waals surface area (Å²) in [6.07, 6.45) is 0.966. The average molecular weight is 533 g/mol. The van der Waals surface area contributed by atoms with Crippen molar-refractivity contribution in [3.05, 3.63) is 120 Å². The zero-order valence-electron chi connectivity index (χ0n) is 23.1. The summed E-state index contributed by atoms with van der Waals surface area (Å²) in [5.41, 5.74) is 5.40. The van der Waals surface area contributed by atoms with Gasteiger partial charge in [-0.1, -0.05) is 78.9 Å². The van der Waals surface area contributed by atoms with E-state index in [4.69, 9.17) is 0 Å². The molecule has 5 rings (SSSR count). The highest BCUT2D eigenvalue weighted by molar-refractivity contribution is 6.08. The van der Waals surface area contributed by atoms with Gasteiger partial charge in [0.2, 0.25) is 5.91 Å². The first-order valence-electron chi connectivity index (χ1n) is 13.9. The van der Waals surface area contributed by atoms with Crippen LogP contribution in [0.1, 0.15) is 35.3 Å². The van der Waals surface area contributed by atoms with E-state index in [0.717, 1.165) is 47.6 Å². The molecule has 204 valence electrons. The number of rotatable bonds is 9. The Morgan fingerprint density at radius 1 is 0.875 bits per heavy atom. The number of amides is 2. The van der Waals surface area contributed by atoms with Gasteiger partial charge < -0.3 is 15.5 Å². The molecule has 0 spiro atoms. The summed E-state index contributed by atoms with van der Waals surface area (Å²) in [6.45, 7) is 4.21. The van der Waals surface area contributed by atoms with E-state index < -0.39 is 0 Å². The lowest BCUT2D eigenvalue weighted by Crippen LogP contribution is -2.41. The molecule has 6 heteroatoms. The molecule has 0 aliphatic carbocycles. The van der Waals surface area contributed by atoms with Crippen molar-refractivity contribution in [3.63, 3.8) is 0 Å². The van der Waals surface area contributed by atoms with Gasteiger partial charge in [0.05, 0.1) is 0 Å². The maximum absolute atomic E-state index is 13.2. The average Bonchev–Trinajstić information content (AvgIpc) is 3.48. The molecule has 40 heavy (non-hydrogen) atoms. The number of hydrogen-bond acceptors (Lipinski definition) is 4. The van der Waals surface area contributed by atoms with Crippen LogP contribution in [0.4, 0.5) is 11.4 Å². The highest BCUT2D eigenvalue weighted by Crippen LogP contribution is 2.30. The van der Waals surface area contributed by atoms with E-state index in [0.29, 0.717) is 12.1 Å². The van der Waals surface area contributed by atoms with Crippen molar-refractivity contribution in [1.29, 1.82) is 0 Å². The second-order valence-electron chi connectivity index (χ2n) is 10.2. The zero-order chi connectivity index (χ0) is 27.9. The molecule has 2 atom stereocenters. The van der Waals surface area contributed by atoms with Gasteiger partial charge in [-0.2, -0.15) is 0 Å². The van der Waals surface area contributed by atoms with Crippen molar-refractivity contribution in [2.24, 2.45) is 0 Å². The van der Waals surface area contributed by atoms with Crippen molar-refractivity contribution in [2.45, 2.75) is 25.4 Å². The van der Waals surface area contributed by atoms with Gasteiger partial charge in [0.1, 0.15) is 6.04 Å². The van der Waals surface area contributed by atoms with E-state index in [2.05, 4.69) is 27.5 Å². The predicted molar refractivity (Wildman–Crippen MR) is 163 cm³/mol. The molecule has 0 saturated carbocycles. The number of carbonyl (C=O) groups excluding carboxylic acids is 2. The first kappa shape index (κ1) is 27.2. The standard InChI is InChI=1S/C34H36N4O2/c1-3-35-34(40)32(26-14-8-5-9-15-26)38-23-22-29(24-38)37(2)28-20-18-27(19-21-28)36-33(39)31-17-11-10-16-30(31)25-12-6-4-7-13-25/h4-21,29,32H,3,22-24H2,1-2H3,(H,35,40)(H,36,39). The molecule has 0 aromatic heterocycles. The lowest BCUT2D eigenvalue weighted by molar-refractivity contribution is -0.126. The number of carbonyl (C=O) groups is 2. The molecular formula is C34H36N4O2. The van der Waals surface area contributed by atoms with Crippen LogP contribution < -0.4 is 15.5 Å². The molecular weight excluding hydrogens is 496 g/mol. The number of likely N-dealkylation sites (N-methyl/N-ethyl adjacent to an activating group) is 2. The van der Waals surface area contributed by atoms with Crippen molar-refractivity contribution >= 4 is 23.2 Å². The number of anilines is 2. The normalized spacial score (nSPS) is 15.8. The molecule has 0 bridgehead atoms. The Morgan fingerprint density at radius 2 is 1.52 bits per heavy atom. The highest BCUT2D eigenvalue weighted by Gasteiger charge is 2.35. The van der Waals surface area contributed by atoms with Gasteiger partial charge in [0, 0.05) is 49.7 Å². The molecule has 6 nitrogen and oxygen atoms in total. The van der Waals surface area contributed by atoms with Crippen LogP contribution in [-0.2, 0) is 4.79 Å². The van der Waals surface area contributed by atoms with Crippen molar-refractivity contribution in [2.75, 3.05) is 36.9 Å². The molecule has 2 N–H and O–H groups in total. The smallest absolute Gasteiger partial charge is 0.256 e. The largest absolute Gasteiger partial charge is 0.370 e. The summed E-state index contributed by atoms with van der Waals surface area (Å²) in [7, 11) is 2.10. The molecule has 1 fully saturated rings. The second-order valence-corrected chi connectivity index (χ2v) is 10.2. The molecule has 4 aromatic rings. The Bertz CT molecular complexity index is 1420. The van der Waals surface area contributed by atoms with E-state index in [9.17, 15) is 9.59 Å². The molecule has 1 aliphatic rings. The Labute approximate surface area is 236 Å². The minimum Gasteiger partial charge on any atom is -0.370 e. The summed E-state index contributed by atoms with van der Waals surface area (Å²) < 4.78 is 0.